The van der Waals surface area contributed by atoms with Crippen molar-refractivity contribution in [2.75, 3.05) is 0 Å². The summed E-state index contributed by atoms with van der Waals surface area (Å²) in [6.45, 7) is 0. The third-order valence-corrected chi connectivity index (χ3v) is 2.43. The number of allylic oxidation sites excluding steroid dienone is 1. The lowest BCUT2D eigenvalue weighted by molar-refractivity contribution is 0.0980. The predicted molar refractivity (Wildman–Crippen MR) is 67.5 cm³/mol. The molecule has 17 heavy (non-hydrogen) atoms. The Morgan fingerprint density at radius 2 is 2.06 bits per heavy atom. The van der Waals surface area contributed by atoms with Gasteiger partial charge in [-0.25, -0.2) is 0 Å². The van der Waals surface area contributed by atoms with E-state index in [0.29, 0.717) is 12.2 Å². The van der Waals surface area contributed by atoms with E-state index in [1.165, 1.54) is 6.08 Å². The molecule has 0 fully saturated rings. The van der Waals surface area contributed by atoms with Crippen LogP contribution in [-0.4, -0.2) is 10.8 Å². The van der Waals surface area contributed by atoms with Crippen molar-refractivity contribution in [2.24, 2.45) is 5.73 Å². The van der Waals surface area contributed by atoms with Crippen molar-refractivity contribution >= 4 is 6.08 Å². The molecule has 1 aromatic rings. The Bertz CT molecular complexity index is 458. The molecule has 3 nitrogen and oxygen atoms in total. The Morgan fingerprint density at radius 3 is 2.71 bits per heavy atom. The van der Waals surface area contributed by atoms with E-state index in [9.17, 15) is 5.11 Å². The lowest BCUT2D eigenvalue weighted by Crippen LogP contribution is -2.37. The summed E-state index contributed by atoms with van der Waals surface area (Å²) in [7, 11) is 0. The largest absolute Gasteiger partial charge is 0.465 e. The van der Waals surface area contributed by atoms with Gasteiger partial charge >= 0.3 is 0 Å². The van der Waals surface area contributed by atoms with Gasteiger partial charge in [-0.2, -0.15) is 0 Å². The number of benzene rings is 1. The van der Waals surface area contributed by atoms with Crippen LogP contribution in [0.15, 0.2) is 60.6 Å². The number of rotatable bonds is 3. The van der Waals surface area contributed by atoms with Crippen molar-refractivity contribution in [1.29, 1.82) is 0 Å². The molecule has 1 aliphatic carbocycles. The third-order valence-electron chi connectivity index (χ3n) is 2.43. The van der Waals surface area contributed by atoms with E-state index in [0.717, 1.165) is 5.56 Å². The van der Waals surface area contributed by atoms with E-state index in [-0.39, 0.29) is 0 Å². The van der Waals surface area contributed by atoms with Gasteiger partial charge < -0.3 is 15.6 Å². The van der Waals surface area contributed by atoms with Crippen LogP contribution in [0.2, 0.25) is 0 Å². The van der Waals surface area contributed by atoms with Crippen molar-refractivity contribution in [3.05, 3.63) is 66.1 Å². The first-order chi connectivity index (χ1) is 8.16. The van der Waals surface area contributed by atoms with Gasteiger partial charge in [0, 0.05) is 6.42 Å². The molecule has 3 heteroatoms. The maximum atomic E-state index is 9.47. The minimum absolute atomic E-state index is 0.359. The average molecular weight is 229 g/mol. The molecule has 0 amide bonds. The summed E-state index contributed by atoms with van der Waals surface area (Å²) in [6, 6.07) is 9.88. The van der Waals surface area contributed by atoms with E-state index in [4.69, 9.17) is 10.5 Å². The maximum Gasteiger partial charge on any atom is 0.136 e. The Kier molecular flexibility index (Phi) is 3.42. The Balaban J connectivity index is 1.90. The Morgan fingerprint density at radius 1 is 1.29 bits per heavy atom. The second-order valence-corrected chi connectivity index (χ2v) is 3.97. The summed E-state index contributed by atoms with van der Waals surface area (Å²) in [5.41, 5.74) is 5.34. The molecule has 88 valence electrons. The third kappa shape index (κ3) is 3.59. The second kappa shape index (κ2) is 4.99. The summed E-state index contributed by atoms with van der Waals surface area (Å²) < 4.78 is 5.41. The zero-order valence-electron chi connectivity index (χ0n) is 9.41. The molecule has 1 aliphatic rings. The van der Waals surface area contributed by atoms with Crippen LogP contribution in [-0.2, 0) is 4.74 Å². The first kappa shape index (κ1) is 11.6. The van der Waals surface area contributed by atoms with Crippen molar-refractivity contribution in [3.8, 4) is 0 Å². The molecular weight excluding hydrogens is 214 g/mol. The first-order valence-electron chi connectivity index (χ1n) is 5.45. The fraction of sp³-hybridized carbons (Fsp3) is 0.143. The van der Waals surface area contributed by atoms with Gasteiger partial charge in [0.1, 0.15) is 11.5 Å². The van der Waals surface area contributed by atoms with Crippen molar-refractivity contribution < 1.29 is 9.84 Å². The Hall–Kier alpha value is -1.84. The molecule has 1 atom stereocenters. The molecule has 0 bridgehead atoms. The van der Waals surface area contributed by atoms with Gasteiger partial charge in [0.15, 0.2) is 0 Å². The van der Waals surface area contributed by atoms with Gasteiger partial charge in [0.05, 0.1) is 6.26 Å². The fourth-order valence-electron chi connectivity index (χ4n) is 1.47. The molecular formula is C14H15NO2. The van der Waals surface area contributed by atoms with Gasteiger partial charge in [-0.3, -0.25) is 0 Å². The molecule has 3 N–H and O–H groups in total. The SMILES string of the molecule is NC1(O)C=CC(OC=Cc2ccccc2)=CC1. The van der Waals surface area contributed by atoms with E-state index in [1.54, 1.807) is 18.4 Å². The quantitative estimate of drug-likeness (QED) is 0.617. The lowest BCUT2D eigenvalue weighted by atomic mass is 10.1. The standard InChI is InChI=1S/C14H15NO2/c15-14(16)9-6-13(7-10-14)17-11-8-12-4-2-1-3-5-12/h1-9,11,16H,10,15H2. The number of ether oxygens (including phenoxy) is 1. The van der Waals surface area contributed by atoms with E-state index >= 15 is 0 Å². The van der Waals surface area contributed by atoms with Crippen LogP contribution in [0.25, 0.3) is 6.08 Å². The Labute approximate surface area is 101 Å². The van der Waals surface area contributed by atoms with Crippen molar-refractivity contribution in [2.45, 2.75) is 12.1 Å². The maximum absolute atomic E-state index is 9.47. The lowest BCUT2D eigenvalue weighted by Gasteiger charge is -2.20. The second-order valence-electron chi connectivity index (χ2n) is 3.97. The van der Waals surface area contributed by atoms with E-state index in [1.807, 2.05) is 36.4 Å². The number of nitrogens with two attached hydrogens (primary N) is 1. The molecule has 0 aromatic heterocycles. The van der Waals surface area contributed by atoms with Crippen molar-refractivity contribution in [1.82, 2.24) is 0 Å². The molecule has 0 spiro atoms. The summed E-state index contributed by atoms with van der Waals surface area (Å²) >= 11 is 0. The topological polar surface area (TPSA) is 55.5 Å². The zero-order valence-corrected chi connectivity index (χ0v) is 9.41. The minimum atomic E-state index is -1.24. The number of aliphatic hydroxyl groups is 1. The normalized spacial score (nSPS) is 23.8. The van der Waals surface area contributed by atoms with Crippen LogP contribution < -0.4 is 5.73 Å². The van der Waals surface area contributed by atoms with E-state index < -0.39 is 5.72 Å². The minimum Gasteiger partial charge on any atom is -0.465 e. The molecule has 0 heterocycles. The summed E-state index contributed by atoms with van der Waals surface area (Å²) in [6.07, 6.45) is 8.80. The van der Waals surface area contributed by atoms with Crippen LogP contribution in [0, 0.1) is 0 Å². The van der Waals surface area contributed by atoms with Gasteiger partial charge in [-0.05, 0) is 29.9 Å². The number of hydrogen-bond acceptors (Lipinski definition) is 3. The molecule has 1 aromatic carbocycles. The van der Waals surface area contributed by atoms with Gasteiger partial charge in [-0.1, -0.05) is 30.3 Å². The predicted octanol–water partition coefficient (Wildman–Crippen LogP) is 2.17. The molecule has 2 rings (SSSR count). The highest BCUT2D eigenvalue weighted by molar-refractivity contribution is 5.47. The fourth-order valence-corrected chi connectivity index (χ4v) is 1.47. The monoisotopic (exact) mass is 229 g/mol. The molecule has 0 aliphatic heterocycles. The highest BCUT2D eigenvalue weighted by atomic mass is 16.5. The summed E-state index contributed by atoms with van der Waals surface area (Å²) in [5, 5.41) is 9.47. The summed E-state index contributed by atoms with van der Waals surface area (Å²) in [4.78, 5) is 0. The zero-order chi connectivity index (χ0) is 12.1. The van der Waals surface area contributed by atoms with E-state index in [2.05, 4.69) is 0 Å². The summed E-state index contributed by atoms with van der Waals surface area (Å²) in [5.74, 6) is 0.687. The van der Waals surface area contributed by atoms with Gasteiger partial charge in [0.2, 0.25) is 0 Å². The average Bonchev–Trinajstić information content (AvgIpc) is 2.33. The molecule has 0 radical (unpaired) electrons. The molecule has 0 saturated carbocycles. The van der Waals surface area contributed by atoms with Crippen LogP contribution in [0.5, 0.6) is 0 Å². The molecule has 0 saturated heterocycles. The molecule has 1 unspecified atom stereocenters. The van der Waals surface area contributed by atoms with Crippen LogP contribution in [0.3, 0.4) is 0 Å². The van der Waals surface area contributed by atoms with Gasteiger partial charge in [-0.15, -0.1) is 0 Å². The van der Waals surface area contributed by atoms with Crippen LogP contribution >= 0.6 is 0 Å². The smallest absolute Gasteiger partial charge is 0.136 e. The highest BCUT2D eigenvalue weighted by Crippen LogP contribution is 2.17. The number of hydrogen-bond donors (Lipinski definition) is 2. The van der Waals surface area contributed by atoms with Crippen LogP contribution in [0.4, 0.5) is 0 Å². The van der Waals surface area contributed by atoms with Crippen molar-refractivity contribution in [3.63, 3.8) is 0 Å². The highest BCUT2D eigenvalue weighted by Gasteiger charge is 2.18. The van der Waals surface area contributed by atoms with Crippen LogP contribution in [0.1, 0.15) is 12.0 Å². The first-order valence-corrected chi connectivity index (χ1v) is 5.45. The van der Waals surface area contributed by atoms with Gasteiger partial charge in [0.25, 0.3) is 0 Å².